The number of nitrogens with zero attached hydrogens (tertiary/aromatic N) is 1. The van der Waals surface area contributed by atoms with Gasteiger partial charge in [-0.25, -0.2) is 0 Å². The summed E-state index contributed by atoms with van der Waals surface area (Å²) in [6.07, 6.45) is -0.219. The third-order valence-electron chi connectivity index (χ3n) is 3.60. The van der Waals surface area contributed by atoms with Crippen LogP contribution in [0.4, 0.5) is 18.9 Å². The molecule has 3 nitrogen and oxygen atoms in total. The zero-order valence-electron chi connectivity index (χ0n) is 10.2. The quantitative estimate of drug-likeness (QED) is 0.581. The molecule has 1 aliphatic rings. The molecule has 0 heterocycles. The van der Waals surface area contributed by atoms with E-state index in [9.17, 15) is 23.3 Å². The van der Waals surface area contributed by atoms with Crippen molar-refractivity contribution in [1.29, 1.82) is 0 Å². The van der Waals surface area contributed by atoms with Crippen LogP contribution in [-0.2, 0) is 6.18 Å². The molecule has 1 aromatic rings. The second-order valence-corrected chi connectivity index (χ2v) is 4.86. The van der Waals surface area contributed by atoms with Gasteiger partial charge in [-0.1, -0.05) is 25.3 Å². The van der Waals surface area contributed by atoms with Gasteiger partial charge in [-0.05, 0) is 24.3 Å². The van der Waals surface area contributed by atoms with Crippen LogP contribution in [0.2, 0.25) is 0 Å². The van der Waals surface area contributed by atoms with Crippen LogP contribution < -0.4 is 0 Å². The highest BCUT2D eigenvalue weighted by atomic mass is 19.4. The fraction of sp³-hybridized carbons (Fsp3) is 0.538. The number of non-ortho nitro benzene ring substituents is 1. The van der Waals surface area contributed by atoms with Gasteiger partial charge in [0.2, 0.25) is 0 Å². The molecule has 0 atom stereocenters. The zero-order valence-corrected chi connectivity index (χ0v) is 10.2. The van der Waals surface area contributed by atoms with Crippen molar-refractivity contribution in [3.05, 3.63) is 39.4 Å². The fourth-order valence-electron chi connectivity index (χ4n) is 2.67. The van der Waals surface area contributed by atoms with Crippen molar-refractivity contribution in [2.45, 2.75) is 44.2 Å². The summed E-state index contributed by atoms with van der Waals surface area (Å²) >= 11 is 0. The highest BCUT2D eigenvalue weighted by molar-refractivity contribution is 5.43. The number of alkyl halides is 3. The van der Waals surface area contributed by atoms with E-state index in [0.29, 0.717) is 6.07 Å². The molecule has 19 heavy (non-hydrogen) atoms. The normalized spacial score (nSPS) is 17.4. The Hall–Kier alpha value is -1.59. The van der Waals surface area contributed by atoms with Gasteiger partial charge >= 0.3 is 6.18 Å². The van der Waals surface area contributed by atoms with Gasteiger partial charge in [0, 0.05) is 12.1 Å². The third kappa shape index (κ3) is 3.05. The van der Waals surface area contributed by atoms with Crippen molar-refractivity contribution in [3.63, 3.8) is 0 Å². The summed E-state index contributed by atoms with van der Waals surface area (Å²) in [7, 11) is 0. The first-order valence-corrected chi connectivity index (χ1v) is 6.25. The van der Waals surface area contributed by atoms with Crippen molar-refractivity contribution < 1.29 is 18.1 Å². The van der Waals surface area contributed by atoms with E-state index in [-0.39, 0.29) is 11.5 Å². The van der Waals surface area contributed by atoms with Crippen molar-refractivity contribution in [2.75, 3.05) is 0 Å². The molecule has 0 aliphatic heterocycles. The second kappa shape index (κ2) is 5.19. The topological polar surface area (TPSA) is 43.1 Å². The van der Waals surface area contributed by atoms with Crippen molar-refractivity contribution in [3.8, 4) is 0 Å². The second-order valence-electron chi connectivity index (χ2n) is 4.86. The monoisotopic (exact) mass is 273 g/mol. The summed E-state index contributed by atoms with van der Waals surface area (Å²) in [6, 6.07) is 3.10. The standard InChI is InChI=1S/C13H14F3NO2/c14-13(15,16)12-8-10(17(18)19)6-7-11(12)9-4-2-1-3-5-9/h6-9H,1-5H2. The van der Waals surface area contributed by atoms with Gasteiger partial charge in [-0.2, -0.15) is 13.2 Å². The van der Waals surface area contributed by atoms with Gasteiger partial charge in [0.25, 0.3) is 5.69 Å². The van der Waals surface area contributed by atoms with Gasteiger partial charge in [-0.3, -0.25) is 10.1 Å². The van der Waals surface area contributed by atoms with E-state index in [1.807, 2.05) is 0 Å². The Morgan fingerprint density at radius 3 is 2.32 bits per heavy atom. The maximum Gasteiger partial charge on any atom is 0.416 e. The fourth-order valence-corrected chi connectivity index (χ4v) is 2.67. The first-order valence-electron chi connectivity index (χ1n) is 6.25. The molecule has 0 unspecified atom stereocenters. The van der Waals surface area contributed by atoms with Crippen LogP contribution in [0.3, 0.4) is 0 Å². The lowest BCUT2D eigenvalue weighted by molar-refractivity contribution is -0.385. The number of hydrogen-bond acceptors (Lipinski definition) is 2. The Bertz CT molecular complexity index is 479. The molecule has 1 fully saturated rings. The largest absolute Gasteiger partial charge is 0.416 e. The van der Waals surface area contributed by atoms with E-state index in [0.717, 1.165) is 32.1 Å². The van der Waals surface area contributed by atoms with Crippen LogP contribution in [0.5, 0.6) is 0 Å². The lowest BCUT2D eigenvalue weighted by Crippen LogP contribution is -2.14. The van der Waals surface area contributed by atoms with Crippen molar-refractivity contribution in [1.82, 2.24) is 0 Å². The number of halogens is 3. The number of nitro benzene ring substituents is 1. The first-order chi connectivity index (χ1) is 8.89. The first kappa shape index (κ1) is 13.8. The lowest BCUT2D eigenvalue weighted by atomic mass is 9.82. The SMILES string of the molecule is O=[N+]([O-])c1ccc(C2CCCCC2)c(C(F)(F)F)c1. The minimum atomic E-state index is -4.54. The molecule has 2 rings (SSSR count). The molecule has 1 aliphatic carbocycles. The van der Waals surface area contributed by atoms with Gasteiger partial charge in [0.1, 0.15) is 0 Å². The maximum atomic E-state index is 13.0. The summed E-state index contributed by atoms with van der Waals surface area (Å²) in [5.41, 5.74) is -1.15. The van der Waals surface area contributed by atoms with Crippen molar-refractivity contribution >= 4 is 5.69 Å². The molecule has 0 radical (unpaired) electrons. The Balaban J connectivity index is 2.44. The average Bonchev–Trinajstić information content (AvgIpc) is 2.38. The van der Waals surface area contributed by atoms with Gasteiger partial charge in [0.05, 0.1) is 10.5 Å². The molecule has 0 spiro atoms. The Labute approximate surface area is 108 Å². The van der Waals surface area contributed by atoms with Crippen LogP contribution in [0.1, 0.15) is 49.1 Å². The molecule has 0 aromatic heterocycles. The van der Waals surface area contributed by atoms with E-state index in [1.165, 1.54) is 12.1 Å². The predicted octanol–water partition coefficient (Wildman–Crippen LogP) is 4.66. The summed E-state index contributed by atoms with van der Waals surface area (Å²) in [5, 5.41) is 10.6. The number of rotatable bonds is 2. The maximum absolute atomic E-state index is 13.0. The van der Waals surface area contributed by atoms with E-state index >= 15 is 0 Å². The molecule has 0 bridgehead atoms. The predicted molar refractivity (Wildman–Crippen MR) is 63.9 cm³/mol. The third-order valence-corrected chi connectivity index (χ3v) is 3.60. The highest BCUT2D eigenvalue weighted by Gasteiger charge is 2.37. The molecule has 0 N–H and O–H groups in total. The van der Waals surface area contributed by atoms with Crippen molar-refractivity contribution in [2.24, 2.45) is 0 Å². The van der Waals surface area contributed by atoms with Gasteiger partial charge < -0.3 is 0 Å². The molecule has 0 amide bonds. The Kier molecular flexibility index (Phi) is 3.78. The molecule has 1 aromatic carbocycles. The van der Waals surface area contributed by atoms with E-state index in [4.69, 9.17) is 0 Å². The highest BCUT2D eigenvalue weighted by Crippen LogP contribution is 2.41. The van der Waals surface area contributed by atoms with E-state index < -0.39 is 22.4 Å². The summed E-state index contributed by atoms with van der Waals surface area (Å²) in [6.45, 7) is 0. The average molecular weight is 273 g/mol. The Morgan fingerprint density at radius 1 is 1.16 bits per heavy atom. The molecular formula is C13H14F3NO2. The van der Waals surface area contributed by atoms with Crippen LogP contribution >= 0.6 is 0 Å². The summed E-state index contributed by atoms with van der Waals surface area (Å²) in [5.74, 6) is -0.133. The number of hydrogen-bond donors (Lipinski definition) is 0. The van der Waals surface area contributed by atoms with E-state index in [2.05, 4.69) is 0 Å². The summed E-state index contributed by atoms with van der Waals surface area (Å²) < 4.78 is 39.1. The van der Waals surface area contributed by atoms with Gasteiger partial charge in [-0.15, -0.1) is 0 Å². The number of benzene rings is 1. The number of nitro groups is 1. The van der Waals surface area contributed by atoms with Crippen LogP contribution in [-0.4, -0.2) is 4.92 Å². The molecule has 6 heteroatoms. The molecule has 1 saturated carbocycles. The lowest BCUT2D eigenvalue weighted by Gasteiger charge is -2.24. The van der Waals surface area contributed by atoms with E-state index in [1.54, 1.807) is 0 Å². The smallest absolute Gasteiger partial charge is 0.258 e. The summed E-state index contributed by atoms with van der Waals surface area (Å²) in [4.78, 5) is 9.81. The molecular weight excluding hydrogens is 259 g/mol. The van der Waals surface area contributed by atoms with Gasteiger partial charge in [0.15, 0.2) is 0 Å². The molecule has 104 valence electrons. The minimum absolute atomic E-state index is 0.133. The van der Waals surface area contributed by atoms with Crippen LogP contribution in [0.25, 0.3) is 0 Å². The Morgan fingerprint density at radius 2 is 1.79 bits per heavy atom. The minimum Gasteiger partial charge on any atom is -0.258 e. The van der Waals surface area contributed by atoms with Crippen LogP contribution in [0.15, 0.2) is 18.2 Å². The van der Waals surface area contributed by atoms with Crippen LogP contribution in [0, 0.1) is 10.1 Å². The zero-order chi connectivity index (χ0) is 14.0. The molecule has 0 saturated heterocycles.